The highest BCUT2D eigenvalue weighted by Crippen LogP contribution is 2.10. The van der Waals surface area contributed by atoms with Gasteiger partial charge in [0, 0.05) is 13.0 Å². The lowest BCUT2D eigenvalue weighted by atomic mass is 10.4. The van der Waals surface area contributed by atoms with Gasteiger partial charge in [0.2, 0.25) is 17.8 Å². The van der Waals surface area contributed by atoms with Crippen molar-refractivity contribution >= 4 is 17.8 Å². The summed E-state index contributed by atoms with van der Waals surface area (Å²) in [6.45, 7) is 2.79. The van der Waals surface area contributed by atoms with Crippen molar-refractivity contribution in [3.05, 3.63) is 0 Å². The van der Waals surface area contributed by atoms with Crippen molar-refractivity contribution in [3.8, 4) is 6.01 Å². The van der Waals surface area contributed by atoms with Crippen LogP contribution in [-0.2, 0) is 4.79 Å². The van der Waals surface area contributed by atoms with E-state index in [0.29, 0.717) is 13.2 Å². The molecule has 0 aromatic carbocycles. The van der Waals surface area contributed by atoms with Gasteiger partial charge in [0.1, 0.15) is 0 Å². The Balaban J connectivity index is 2.67. The molecule has 9 nitrogen and oxygen atoms in total. The first-order valence-corrected chi connectivity index (χ1v) is 5.53. The molecule has 1 heterocycles. The molecule has 0 radical (unpaired) electrons. The maximum Gasteiger partial charge on any atom is 0.323 e. The number of amides is 1. The first-order chi connectivity index (χ1) is 8.65. The number of nitrogens with one attached hydrogen (secondary N) is 2. The fourth-order valence-electron chi connectivity index (χ4n) is 1.06. The lowest BCUT2D eigenvalue weighted by Crippen LogP contribution is -2.18. The number of carbonyl (C=O) groups excluding carboxylic acids is 1. The van der Waals surface area contributed by atoms with Crippen LogP contribution in [-0.4, -0.2) is 34.0 Å². The Morgan fingerprint density at radius 2 is 2.06 bits per heavy atom. The third-order valence-corrected chi connectivity index (χ3v) is 1.83. The molecule has 0 aliphatic rings. The zero-order valence-electron chi connectivity index (χ0n) is 10.1. The van der Waals surface area contributed by atoms with Gasteiger partial charge in [-0.25, -0.2) is 5.84 Å². The molecule has 0 fully saturated rings. The van der Waals surface area contributed by atoms with Crippen LogP contribution < -0.4 is 27.1 Å². The van der Waals surface area contributed by atoms with Gasteiger partial charge in [-0.3, -0.25) is 10.2 Å². The van der Waals surface area contributed by atoms with Crippen molar-refractivity contribution in [2.24, 2.45) is 11.6 Å². The van der Waals surface area contributed by atoms with Gasteiger partial charge >= 0.3 is 6.01 Å². The summed E-state index contributed by atoms with van der Waals surface area (Å²) in [6.07, 6.45) is 1.02. The van der Waals surface area contributed by atoms with Crippen molar-refractivity contribution in [1.29, 1.82) is 0 Å². The molecule has 0 bridgehead atoms. The largest absolute Gasteiger partial charge is 0.463 e. The van der Waals surface area contributed by atoms with E-state index in [9.17, 15) is 4.79 Å². The molecule has 18 heavy (non-hydrogen) atoms. The number of nitrogen functional groups attached to an aromatic ring is 1. The zero-order chi connectivity index (χ0) is 13.4. The number of hydrazine groups is 1. The van der Waals surface area contributed by atoms with Gasteiger partial charge < -0.3 is 15.8 Å². The maximum atomic E-state index is 10.6. The Kier molecular flexibility index (Phi) is 5.58. The molecule has 0 aliphatic carbocycles. The molecule has 1 aromatic rings. The first-order valence-electron chi connectivity index (χ1n) is 5.53. The van der Waals surface area contributed by atoms with E-state index in [-0.39, 0.29) is 24.3 Å². The monoisotopic (exact) mass is 255 g/mol. The van der Waals surface area contributed by atoms with Crippen LogP contribution in [0.2, 0.25) is 0 Å². The molecule has 0 saturated heterocycles. The zero-order valence-corrected chi connectivity index (χ0v) is 10.1. The molecular formula is C9H17N7O2. The van der Waals surface area contributed by atoms with Crippen LogP contribution in [0.3, 0.4) is 0 Å². The summed E-state index contributed by atoms with van der Waals surface area (Å²) < 4.78 is 5.28. The van der Waals surface area contributed by atoms with Crippen LogP contribution in [0.5, 0.6) is 6.01 Å². The number of nitrogens with zero attached hydrogens (tertiary/aromatic N) is 3. The summed E-state index contributed by atoms with van der Waals surface area (Å²) in [4.78, 5) is 22.5. The van der Waals surface area contributed by atoms with Gasteiger partial charge in [-0.05, 0) is 6.42 Å². The Morgan fingerprint density at radius 3 is 2.67 bits per heavy atom. The van der Waals surface area contributed by atoms with E-state index in [0.717, 1.165) is 6.42 Å². The van der Waals surface area contributed by atoms with E-state index in [1.807, 2.05) is 6.92 Å². The molecule has 0 spiro atoms. The number of primary amides is 1. The molecule has 100 valence electrons. The normalized spacial score (nSPS) is 9.89. The van der Waals surface area contributed by atoms with Crippen LogP contribution in [0.25, 0.3) is 0 Å². The van der Waals surface area contributed by atoms with Gasteiger partial charge in [0.25, 0.3) is 0 Å². The van der Waals surface area contributed by atoms with Gasteiger partial charge in [0.05, 0.1) is 6.61 Å². The van der Waals surface area contributed by atoms with Crippen molar-refractivity contribution in [3.63, 3.8) is 0 Å². The van der Waals surface area contributed by atoms with Crippen LogP contribution in [0.1, 0.15) is 19.8 Å². The maximum absolute atomic E-state index is 10.6. The highest BCUT2D eigenvalue weighted by atomic mass is 16.5. The number of carbonyl (C=O) groups is 1. The van der Waals surface area contributed by atoms with Crippen LogP contribution in [0.15, 0.2) is 0 Å². The predicted octanol–water partition coefficient (Wildman–Crippen LogP) is -0.767. The fourth-order valence-corrected chi connectivity index (χ4v) is 1.06. The van der Waals surface area contributed by atoms with Crippen molar-refractivity contribution < 1.29 is 9.53 Å². The number of ether oxygens (including phenoxy) is 1. The van der Waals surface area contributed by atoms with Gasteiger partial charge in [-0.15, -0.1) is 0 Å². The van der Waals surface area contributed by atoms with Gasteiger partial charge in [-0.2, -0.15) is 15.0 Å². The topological polar surface area (TPSA) is 141 Å². The smallest absolute Gasteiger partial charge is 0.323 e. The van der Waals surface area contributed by atoms with Gasteiger partial charge in [-0.1, -0.05) is 6.92 Å². The van der Waals surface area contributed by atoms with E-state index in [1.54, 1.807) is 0 Å². The summed E-state index contributed by atoms with van der Waals surface area (Å²) in [5.41, 5.74) is 7.33. The Bertz CT molecular complexity index is 399. The quantitative estimate of drug-likeness (QED) is 0.350. The standard InChI is InChI=1S/C9H17N7O2/c1-2-5-18-9-14-7(12-4-3-6(10)17)13-8(15-9)16-11/h2-5,11H2,1H3,(H2,10,17)(H2,12,13,14,15,16). The molecule has 6 N–H and O–H groups in total. The number of aromatic nitrogens is 3. The van der Waals surface area contributed by atoms with E-state index < -0.39 is 5.91 Å². The first kappa shape index (κ1) is 13.9. The molecule has 1 aromatic heterocycles. The minimum atomic E-state index is -0.406. The van der Waals surface area contributed by atoms with Gasteiger partial charge in [0.15, 0.2) is 0 Å². The number of rotatable bonds is 8. The minimum absolute atomic E-state index is 0.168. The second kappa shape index (κ2) is 7.22. The van der Waals surface area contributed by atoms with Crippen LogP contribution in [0.4, 0.5) is 11.9 Å². The number of anilines is 2. The molecule has 1 rings (SSSR count). The van der Waals surface area contributed by atoms with E-state index in [4.69, 9.17) is 16.3 Å². The van der Waals surface area contributed by atoms with E-state index >= 15 is 0 Å². The number of hydrogen-bond donors (Lipinski definition) is 4. The molecule has 0 unspecified atom stereocenters. The number of hydrogen-bond acceptors (Lipinski definition) is 8. The summed E-state index contributed by atoms with van der Waals surface area (Å²) in [7, 11) is 0. The fraction of sp³-hybridized carbons (Fsp3) is 0.556. The van der Waals surface area contributed by atoms with Crippen molar-refractivity contribution in [2.75, 3.05) is 23.9 Å². The minimum Gasteiger partial charge on any atom is -0.463 e. The highest BCUT2D eigenvalue weighted by Gasteiger charge is 2.06. The summed E-state index contributed by atoms with van der Waals surface area (Å²) in [5, 5.41) is 2.83. The van der Waals surface area contributed by atoms with Crippen LogP contribution >= 0.6 is 0 Å². The second-order valence-corrected chi connectivity index (χ2v) is 3.40. The average Bonchev–Trinajstić information content (AvgIpc) is 2.35. The molecular weight excluding hydrogens is 238 g/mol. The van der Waals surface area contributed by atoms with E-state index in [1.165, 1.54) is 0 Å². The molecule has 1 amide bonds. The van der Waals surface area contributed by atoms with Crippen molar-refractivity contribution in [1.82, 2.24) is 15.0 Å². The molecule has 9 heteroatoms. The van der Waals surface area contributed by atoms with Crippen LogP contribution in [0, 0.1) is 0 Å². The lowest BCUT2D eigenvalue weighted by molar-refractivity contribution is -0.117. The Hall–Kier alpha value is -2.16. The SMILES string of the molecule is CCCOc1nc(NN)nc(NCCC(N)=O)n1. The lowest BCUT2D eigenvalue weighted by Gasteiger charge is -2.08. The third kappa shape index (κ3) is 4.78. The Morgan fingerprint density at radius 1 is 1.33 bits per heavy atom. The average molecular weight is 255 g/mol. The summed E-state index contributed by atoms with van der Waals surface area (Å²) >= 11 is 0. The second-order valence-electron chi connectivity index (χ2n) is 3.40. The van der Waals surface area contributed by atoms with E-state index in [2.05, 4.69) is 25.7 Å². The molecule has 0 atom stereocenters. The molecule has 0 aliphatic heterocycles. The Labute approximate surface area is 104 Å². The molecule has 0 saturated carbocycles. The predicted molar refractivity (Wildman–Crippen MR) is 65.7 cm³/mol. The third-order valence-electron chi connectivity index (χ3n) is 1.83. The highest BCUT2D eigenvalue weighted by molar-refractivity contribution is 5.74. The number of nitrogens with two attached hydrogens (primary N) is 2. The van der Waals surface area contributed by atoms with Crippen molar-refractivity contribution in [2.45, 2.75) is 19.8 Å². The summed E-state index contributed by atoms with van der Waals surface area (Å²) in [5.74, 6) is 5.27. The summed E-state index contributed by atoms with van der Waals surface area (Å²) in [6, 6.07) is 0.168.